The van der Waals surface area contributed by atoms with Crippen molar-refractivity contribution in [1.82, 2.24) is 10.3 Å². The van der Waals surface area contributed by atoms with Crippen LogP contribution in [0.1, 0.15) is 50.4 Å². The van der Waals surface area contributed by atoms with Gasteiger partial charge in [0.15, 0.2) is 5.82 Å². The number of amides is 1. The number of nitrogens with one attached hydrogen (secondary N) is 1. The number of carbonyl (C=O) groups excluding carboxylic acids is 1. The summed E-state index contributed by atoms with van der Waals surface area (Å²) in [5, 5.41) is 2.89. The van der Waals surface area contributed by atoms with Gasteiger partial charge >= 0.3 is 0 Å². The van der Waals surface area contributed by atoms with Crippen molar-refractivity contribution in [3.8, 4) is 0 Å². The summed E-state index contributed by atoms with van der Waals surface area (Å²) in [5.41, 5.74) is -0.275. The average Bonchev–Trinajstić information content (AvgIpc) is 2.41. The monoisotopic (exact) mass is 296 g/mol. The van der Waals surface area contributed by atoms with E-state index in [1.54, 1.807) is 0 Å². The molecule has 0 bridgehead atoms. The summed E-state index contributed by atoms with van der Waals surface area (Å²) in [6.07, 6.45) is 4.19. The molecular formula is C16H22F2N2O. The van der Waals surface area contributed by atoms with Crippen molar-refractivity contribution in [3.63, 3.8) is 0 Å². The molecule has 3 unspecified atom stereocenters. The number of carbonyl (C=O) groups is 1. The van der Waals surface area contributed by atoms with Gasteiger partial charge in [0.2, 0.25) is 5.95 Å². The highest BCUT2D eigenvalue weighted by atomic mass is 19.2. The second kappa shape index (κ2) is 6.50. The third kappa shape index (κ3) is 3.57. The van der Waals surface area contributed by atoms with Crippen LogP contribution in [0.4, 0.5) is 8.78 Å². The minimum absolute atomic E-state index is 0.0110. The highest BCUT2D eigenvalue weighted by Crippen LogP contribution is 2.33. The Morgan fingerprint density at radius 3 is 2.76 bits per heavy atom. The molecule has 116 valence electrons. The van der Waals surface area contributed by atoms with Crippen molar-refractivity contribution in [3.05, 3.63) is 29.6 Å². The Kier molecular flexibility index (Phi) is 4.91. The lowest BCUT2D eigenvalue weighted by molar-refractivity contribution is 0.0862. The van der Waals surface area contributed by atoms with Crippen molar-refractivity contribution < 1.29 is 13.6 Å². The van der Waals surface area contributed by atoms with Crippen LogP contribution in [0.2, 0.25) is 0 Å². The van der Waals surface area contributed by atoms with Gasteiger partial charge in [-0.1, -0.05) is 27.2 Å². The molecule has 3 nitrogen and oxygen atoms in total. The SMILES string of the molecule is CC1CCC(C(C)C)C(NC(=O)c2ccnc(F)c2F)C1. The molecule has 0 aliphatic heterocycles. The minimum Gasteiger partial charge on any atom is -0.349 e. The smallest absolute Gasteiger partial charge is 0.254 e. The maximum absolute atomic E-state index is 13.6. The number of aromatic nitrogens is 1. The lowest BCUT2D eigenvalue weighted by Gasteiger charge is -2.37. The summed E-state index contributed by atoms with van der Waals surface area (Å²) < 4.78 is 26.8. The van der Waals surface area contributed by atoms with Crippen LogP contribution in [0, 0.1) is 29.5 Å². The Labute approximate surface area is 124 Å². The van der Waals surface area contributed by atoms with E-state index in [1.807, 2.05) is 0 Å². The molecule has 1 aliphatic rings. The van der Waals surface area contributed by atoms with Crippen molar-refractivity contribution in [2.45, 2.75) is 46.1 Å². The van der Waals surface area contributed by atoms with Gasteiger partial charge in [-0.25, -0.2) is 9.37 Å². The predicted octanol–water partition coefficient (Wildman–Crippen LogP) is 3.55. The topological polar surface area (TPSA) is 42.0 Å². The summed E-state index contributed by atoms with van der Waals surface area (Å²) in [6, 6.07) is 1.22. The Hall–Kier alpha value is -1.52. The quantitative estimate of drug-likeness (QED) is 0.867. The van der Waals surface area contributed by atoms with Gasteiger partial charge in [0.05, 0.1) is 5.56 Å². The fraction of sp³-hybridized carbons (Fsp3) is 0.625. The van der Waals surface area contributed by atoms with Crippen LogP contribution in [0.15, 0.2) is 12.3 Å². The molecule has 1 heterocycles. The number of halogens is 2. The molecule has 1 saturated carbocycles. The van der Waals surface area contributed by atoms with E-state index in [4.69, 9.17) is 0 Å². The number of rotatable bonds is 3. The van der Waals surface area contributed by atoms with E-state index in [9.17, 15) is 13.6 Å². The number of hydrogen-bond donors (Lipinski definition) is 1. The maximum atomic E-state index is 13.6. The van der Waals surface area contributed by atoms with Gasteiger partial charge in [0, 0.05) is 12.2 Å². The van der Waals surface area contributed by atoms with Crippen LogP contribution in [0.3, 0.4) is 0 Å². The Morgan fingerprint density at radius 2 is 2.10 bits per heavy atom. The summed E-state index contributed by atoms with van der Waals surface area (Å²) in [6.45, 7) is 6.42. The lowest BCUT2D eigenvalue weighted by Crippen LogP contribution is -2.45. The molecule has 0 radical (unpaired) electrons. The van der Waals surface area contributed by atoms with E-state index < -0.39 is 17.7 Å². The van der Waals surface area contributed by atoms with Crippen LogP contribution in [-0.2, 0) is 0 Å². The minimum atomic E-state index is -1.24. The Bertz CT molecular complexity index is 519. The van der Waals surface area contributed by atoms with E-state index in [1.165, 1.54) is 6.07 Å². The van der Waals surface area contributed by atoms with E-state index in [2.05, 4.69) is 31.1 Å². The molecule has 3 atom stereocenters. The molecule has 0 saturated heterocycles. The van der Waals surface area contributed by atoms with Crippen LogP contribution in [0.5, 0.6) is 0 Å². The first kappa shape index (κ1) is 15.9. The molecule has 5 heteroatoms. The third-order valence-corrected chi connectivity index (χ3v) is 4.43. The van der Waals surface area contributed by atoms with E-state index in [0.29, 0.717) is 17.8 Å². The fourth-order valence-electron chi connectivity index (χ4n) is 3.21. The number of pyridine rings is 1. The maximum Gasteiger partial charge on any atom is 0.254 e. The summed E-state index contributed by atoms with van der Waals surface area (Å²) in [7, 11) is 0. The lowest BCUT2D eigenvalue weighted by atomic mass is 9.74. The molecule has 1 N–H and O–H groups in total. The van der Waals surface area contributed by atoms with Gasteiger partial charge in [0.1, 0.15) is 0 Å². The Balaban J connectivity index is 2.14. The van der Waals surface area contributed by atoms with Gasteiger partial charge in [-0.15, -0.1) is 0 Å². The highest BCUT2D eigenvalue weighted by Gasteiger charge is 2.32. The molecule has 1 fully saturated rings. The summed E-state index contributed by atoms with van der Waals surface area (Å²) in [4.78, 5) is 15.4. The molecule has 0 aromatic carbocycles. The van der Waals surface area contributed by atoms with Crippen LogP contribution < -0.4 is 5.32 Å². The van der Waals surface area contributed by atoms with Crippen LogP contribution in [-0.4, -0.2) is 16.9 Å². The average molecular weight is 296 g/mol. The van der Waals surface area contributed by atoms with E-state index >= 15 is 0 Å². The number of hydrogen-bond acceptors (Lipinski definition) is 2. The molecule has 1 aromatic heterocycles. The fourth-order valence-corrected chi connectivity index (χ4v) is 3.21. The predicted molar refractivity (Wildman–Crippen MR) is 76.8 cm³/mol. The van der Waals surface area contributed by atoms with Gasteiger partial charge in [-0.2, -0.15) is 4.39 Å². The molecule has 0 spiro atoms. The zero-order valence-corrected chi connectivity index (χ0v) is 12.7. The second-order valence-corrected chi connectivity index (χ2v) is 6.37. The van der Waals surface area contributed by atoms with Crippen molar-refractivity contribution in [2.24, 2.45) is 17.8 Å². The molecular weight excluding hydrogens is 274 g/mol. The summed E-state index contributed by atoms with van der Waals surface area (Å²) in [5.74, 6) is -1.62. The second-order valence-electron chi connectivity index (χ2n) is 6.37. The van der Waals surface area contributed by atoms with Gasteiger partial charge < -0.3 is 5.32 Å². The largest absolute Gasteiger partial charge is 0.349 e. The molecule has 1 amide bonds. The normalized spacial score (nSPS) is 25.9. The summed E-state index contributed by atoms with van der Waals surface area (Å²) >= 11 is 0. The Morgan fingerprint density at radius 1 is 1.38 bits per heavy atom. The molecule has 2 rings (SSSR count). The van der Waals surface area contributed by atoms with Crippen LogP contribution in [0.25, 0.3) is 0 Å². The highest BCUT2D eigenvalue weighted by molar-refractivity contribution is 5.94. The van der Waals surface area contributed by atoms with Crippen molar-refractivity contribution in [1.29, 1.82) is 0 Å². The number of nitrogens with zero attached hydrogens (tertiary/aromatic N) is 1. The van der Waals surface area contributed by atoms with Gasteiger partial charge in [0.25, 0.3) is 5.91 Å². The van der Waals surface area contributed by atoms with E-state index in [-0.39, 0.29) is 11.6 Å². The van der Waals surface area contributed by atoms with Gasteiger partial charge in [-0.05, 0) is 36.7 Å². The first-order chi connectivity index (χ1) is 9.90. The molecule has 21 heavy (non-hydrogen) atoms. The van der Waals surface area contributed by atoms with Gasteiger partial charge in [-0.3, -0.25) is 4.79 Å². The van der Waals surface area contributed by atoms with Crippen LogP contribution >= 0.6 is 0 Å². The zero-order valence-electron chi connectivity index (χ0n) is 12.7. The van der Waals surface area contributed by atoms with E-state index in [0.717, 1.165) is 25.5 Å². The molecule has 1 aliphatic carbocycles. The zero-order chi connectivity index (χ0) is 15.6. The standard InChI is InChI=1S/C16H22F2N2O/c1-9(2)11-5-4-10(3)8-13(11)20-16(21)12-6-7-19-15(18)14(12)17/h6-7,9-11,13H,4-5,8H2,1-3H3,(H,20,21). The van der Waals surface area contributed by atoms with Crippen molar-refractivity contribution >= 4 is 5.91 Å². The first-order valence-corrected chi connectivity index (χ1v) is 7.51. The molecule has 1 aromatic rings. The first-order valence-electron chi connectivity index (χ1n) is 7.51. The third-order valence-electron chi connectivity index (χ3n) is 4.43. The van der Waals surface area contributed by atoms with Crippen molar-refractivity contribution in [2.75, 3.05) is 0 Å².